The maximum absolute atomic E-state index is 11.0. The number of rotatable bonds is 4. The van der Waals surface area contributed by atoms with Crippen LogP contribution in [0.4, 0.5) is 0 Å². The number of hydrogen-bond acceptors (Lipinski definition) is 3. The first-order chi connectivity index (χ1) is 5.00. The Hall–Kier alpha value is -0.740. The van der Waals surface area contributed by atoms with Crippen LogP contribution in [0.1, 0.15) is 13.8 Å². The third-order valence-electron chi connectivity index (χ3n) is 1.26. The topological polar surface area (TPSA) is 82.9 Å². The van der Waals surface area contributed by atoms with E-state index < -0.39 is 15.1 Å². The maximum Gasteiger partial charge on any atom is 0.152 e. The molecule has 0 aromatic heterocycles. The van der Waals surface area contributed by atoms with Crippen molar-refractivity contribution >= 4 is 9.84 Å². The fourth-order valence-electron chi connectivity index (χ4n) is 0.448. The second kappa shape index (κ2) is 4.20. The number of hydrogen-bond donors (Lipinski definition) is 0. The second-order valence-electron chi connectivity index (χ2n) is 2.37. The largest absolute Gasteiger partial charge is 0.229 e. The molecule has 0 atom stereocenters. The lowest BCUT2D eigenvalue weighted by Gasteiger charge is -2.03. The van der Waals surface area contributed by atoms with Gasteiger partial charge in [-0.3, -0.25) is 0 Å². The van der Waals surface area contributed by atoms with E-state index in [0.29, 0.717) is 0 Å². The van der Waals surface area contributed by atoms with Crippen LogP contribution in [0, 0.1) is 0 Å². The van der Waals surface area contributed by atoms with E-state index in [9.17, 15) is 8.42 Å². The van der Waals surface area contributed by atoms with Gasteiger partial charge in [0.2, 0.25) is 0 Å². The molecule has 0 saturated heterocycles. The SMILES string of the molecule is CC(C)S(=O)(=O)CCN=[N+]=[N-]. The van der Waals surface area contributed by atoms with Crippen molar-refractivity contribution in [1.29, 1.82) is 0 Å². The Morgan fingerprint density at radius 3 is 2.45 bits per heavy atom. The van der Waals surface area contributed by atoms with Crippen LogP contribution < -0.4 is 0 Å². The molecule has 6 heteroatoms. The van der Waals surface area contributed by atoms with Crippen molar-refractivity contribution in [1.82, 2.24) is 0 Å². The molecule has 0 fully saturated rings. The van der Waals surface area contributed by atoms with Crippen molar-refractivity contribution < 1.29 is 8.42 Å². The van der Waals surface area contributed by atoms with Crippen LogP contribution >= 0.6 is 0 Å². The quantitative estimate of drug-likeness (QED) is 0.366. The van der Waals surface area contributed by atoms with Crippen molar-refractivity contribution in [3.63, 3.8) is 0 Å². The summed E-state index contributed by atoms with van der Waals surface area (Å²) in [5.74, 6) is -0.0608. The predicted molar refractivity (Wildman–Crippen MR) is 42.9 cm³/mol. The molecule has 64 valence electrons. The molecule has 0 aromatic carbocycles. The highest BCUT2D eigenvalue weighted by molar-refractivity contribution is 7.92. The van der Waals surface area contributed by atoms with Gasteiger partial charge in [-0.2, -0.15) is 0 Å². The average Bonchev–Trinajstić information content (AvgIpc) is 1.88. The molecule has 0 unspecified atom stereocenters. The molecule has 0 rings (SSSR count). The lowest BCUT2D eigenvalue weighted by atomic mass is 10.6. The molecule has 0 radical (unpaired) electrons. The second-order valence-corrected chi connectivity index (χ2v) is 5.05. The van der Waals surface area contributed by atoms with E-state index in [1.165, 1.54) is 0 Å². The van der Waals surface area contributed by atoms with Crippen LogP contribution in [-0.2, 0) is 9.84 Å². The monoisotopic (exact) mass is 177 g/mol. The smallest absolute Gasteiger partial charge is 0.152 e. The van der Waals surface area contributed by atoms with Gasteiger partial charge >= 0.3 is 0 Å². The third-order valence-corrected chi connectivity index (χ3v) is 3.45. The summed E-state index contributed by atoms with van der Waals surface area (Å²) in [6, 6.07) is 0. The summed E-state index contributed by atoms with van der Waals surface area (Å²) < 4.78 is 22.0. The van der Waals surface area contributed by atoms with Gasteiger partial charge in [0.15, 0.2) is 9.84 Å². The molecule has 0 aromatic rings. The van der Waals surface area contributed by atoms with Gasteiger partial charge in [0.25, 0.3) is 0 Å². The van der Waals surface area contributed by atoms with Crippen molar-refractivity contribution in [3.05, 3.63) is 10.4 Å². The molecule has 0 amide bonds. The van der Waals surface area contributed by atoms with Crippen LogP contribution in [0.2, 0.25) is 0 Å². The van der Waals surface area contributed by atoms with E-state index in [1.807, 2.05) is 0 Å². The van der Waals surface area contributed by atoms with E-state index in [0.717, 1.165) is 0 Å². The van der Waals surface area contributed by atoms with Gasteiger partial charge in [-0.1, -0.05) is 5.11 Å². The minimum atomic E-state index is -3.04. The highest BCUT2D eigenvalue weighted by Crippen LogP contribution is 1.99. The summed E-state index contributed by atoms with van der Waals surface area (Å²) in [6.07, 6.45) is 0. The minimum absolute atomic E-state index is 0.0248. The zero-order valence-electron chi connectivity index (χ0n) is 6.56. The summed E-state index contributed by atoms with van der Waals surface area (Å²) in [4.78, 5) is 2.46. The zero-order valence-corrected chi connectivity index (χ0v) is 7.37. The normalized spacial score (nSPS) is 11.2. The van der Waals surface area contributed by atoms with Crippen molar-refractivity contribution in [2.75, 3.05) is 12.3 Å². The van der Waals surface area contributed by atoms with Gasteiger partial charge in [0.05, 0.1) is 11.0 Å². The number of sulfone groups is 1. The van der Waals surface area contributed by atoms with Crippen LogP contribution in [0.25, 0.3) is 10.4 Å². The molecule has 0 spiro atoms. The summed E-state index contributed by atoms with van der Waals surface area (Å²) in [5.41, 5.74) is 7.87. The average molecular weight is 177 g/mol. The van der Waals surface area contributed by atoms with E-state index >= 15 is 0 Å². The minimum Gasteiger partial charge on any atom is -0.229 e. The van der Waals surface area contributed by atoms with Crippen LogP contribution in [0.3, 0.4) is 0 Å². The molecule has 0 aliphatic rings. The molecule has 0 saturated carbocycles. The molecule has 0 aliphatic carbocycles. The molecule has 0 heterocycles. The third kappa shape index (κ3) is 3.85. The molecule has 5 nitrogen and oxygen atoms in total. The van der Waals surface area contributed by atoms with Gasteiger partial charge in [0.1, 0.15) is 0 Å². The fourth-order valence-corrected chi connectivity index (χ4v) is 1.26. The Labute approximate surface area is 66.0 Å². The first kappa shape index (κ1) is 10.3. The van der Waals surface area contributed by atoms with Crippen LogP contribution in [0.5, 0.6) is 0 Å². The molecule has 0 bridgehead atoms. The lowest BCUT2D eigenvalue weighted by molar-refractivity contribution is 0.587. The number of azide groups is 1. The highest BCUT2D eigenvalue weighted by Gasteiger charge is 2.14. The number of nitrogens with zero attached hydrogens (tertiary/aromatic N) is 3. The summed E-state index contributed by atoms with van der Waals surface area (Å²) in [7, 11) is -3.04. The summed E-state index contributed by atoms with van der Waals surface area (Å²) in [5, 5.41) is 2.75. The Morgan fingerprint density at radius 1 is 1.55 bits per heavy atom. The van der Waals surface area contributed by atoms with Crippen molar-refractivity contribution in [3.8, 4) is 0 Å². The van der Waals surface area contributed by atoms with E-state index in [4.69, 9.17) is 5.53 Å². The maximum atomic E-state index is 11.0. The first-order valence-corrected chi connectivity index (χ1v) is 4.94. The molecule has 11 heavy (non-hydrogen) atoms. The Bertz CT molecular complexity index is 251. The molecular weight excluding hydrogens is 166 g/mol. The molecule has 0 aliphatic heterocycles. The molecular formula is C5H11N3O2S. The Balaban J connectivity index is 4.05. The first-order valence-electron chi connectivity index (χ1n) is 3.23. The summed E-state index contributed by atoms with van der Waals surface area (Å²) in [6.45, 7) is 3.23. The van der Waals surface area contributed by atoms with Crippen molar-refractivity contribution in [2.24, 2.45) is 5.11 Å². The molecule has 0 N–H and O–H groups in total. The summed E-state index contributed by atoms with van der Waals surface area (Å²) >= 11 is 0. The lowest BCUT2D eigenvalue weighted by Crippen LogP contribution is -2.19. The standard InChI is InChI=1S/C5H11N3O2S/c1-5(2)11(9,10)4-3-7-8-6/h5H,3-4H2,1-2H3. The van der Waals surface area contributed by atoms with Gasteiger partial charge in [-0.25, -0.2) is 8.42 Å². The van der Waals surface area contributed by atoms with Gasteiger partial charge < -0.3 is 0 Å². The fraction of sp³-hybridized carbons (Fsp3) is 1.00. The zero-order chi connectivity index (χ0) is 8.91. The van der Waals surface area contributed by atoms with Gasteiger partial charge in [-0.05, 0) is 19.4 Å². The van der Waals surface area contributed by atoms with Gasteiger partial charge in [-0.15, -0.1) is 0 Å². The van der Waals surface area contributed by atoms with Crippen LogP contribution in [0.15, 0.2) is 5.11 Å². The van der Waals surface area contributed by atoms with Crippen molar-refractivity contribution in [2.45, 2.75) is 19.1 Å². The van der Waals surface area contributed by atoms with Gasteiger partial charge in [0, 0.05) is 11.5 Å². The van der Waals surface area contributed by atoms with E-state index in [2.05, 4.69) is 10.0 Å². The Kier molecular flexibility index (Phi) is 3.92. The highest BCUT2D eigenvalue weighted by atomic mass is 32.2. The predicted octanol–water partition coefficient (Wildman–Crippen LogP) is 1.12. The van der Waals surface area contributed by atoms with E-state index in [-0.39, 0.29) is 12.3 Å². The van der Waals surface area contributed by atoms with E-state index in [1.54, 1.807) is 13.8 Å². The Morgan fingerprint density at radius 2 is 2.09 bits per heavy atom. The van der Waals surface area contributed by atoms with Crippen LogP contribution in [-0.4, -0.2) is 26.0 Å².